The molecule has 2 heterocycles. The average molecular weight is 456 g/mol. The molecule has 2 amide bonds. The van der Waals surface area contributed by atoms with Gasteiger partial charge in [0, 0.05) is 24.7 Å². The van der Waals surface area contributed by atoms with Crippen molar-refractivity contribution in [2.75, 3.05) is 12.3 Å². The van der Waals surface area contributed by atoms with Crippen LogP contribution in [0.1, 0.15) is 79.7 Å². The van der Waals surface area contributed by atoms with Crippen LogP contribution in [-0.4, -0.2) is 49.8 Å². The van der Waals surface area contributed by atoms with Crippen molar-refractivity contribution >= 4 is 23.6 Å². The summed E-state index contributed by atoms with van der Waals surface area (Å²) in [7, 11) is 0. The van der Waals surface area contributed by atoms with Gasteiger partial charge in [-0.25, -0.2) is 0 Å². The van der Waals surface area contributed by atoms with Gasteiger partial charge in [-0.1, -0.05) is 49.2 Å². The molecule has 1 aromatic carbocycles. The fraction of sp³-hybridized carbons (Fsp3) is 0.583. The van der Waals surface area contributed by atoms with Crippen LogP contribution in [-0.2, 0) is 11.3 Å². The van der Waals surface area contributed by atoms with Gasteiger partial charge in [0.15, 0.2) is 11.0 Å². The van der Waals surface area contributed by atoms with Gasteiger partial charge in [-0.3, -0.25) is 9.59 Å². The Morgan fingerprint density at radius 1 is 1.09 bits per heavy atom. The molecular formula is C24H33N5O2S. The third kappa shape index (κ3) is 5.00. The number of nitrogens with zero attached hydrogens (tertiary/aromatic N) is 4. The largest absolute Gasteiger partial charge is 0.353 e. The Morgan fingerprint density at radius 2 is 1.88 bits per heavy atom. The first kappa shape index (κ1) is 22.8. The molecule has 1 saturated carbocycles. The summed E-state index contributed by atoms with van der Waals surface area (Å²) in [6, 6.07) is 7.96. The van der Waals surface area contributed by atoms with Gasteiger partial charge in [0.1, 0.15) is 0 Å². The first-order valence-corrected chi connectivity index (χ1v) is 12.8. The van der Waals surface area contributed by atoms with Crippen LogP contribution in [0.4, 0.5) is 0 Å². The summed E-state index contributed by atoms with van der Waals surface area (Å²) in [6.07, 6.45) is 7.66. The molecule has 1 saturated heterocycles. The van der Waals surface area contributed by atoms with Crippen LogP contribution in [0.5, 0.6) is 0 Å². The number of nitrogens with one attached hydrogen (secondary N) is 1. The highest BCUT2D eigenvalue weighted by molar-refractivity contribution is 7.99. The highest BCUT2D eigenvalue weighted by Crippen LogP contribution is 2.34. The highest BCUT2D eigenvalue weighted by Gasteiger charge is 2.35. The normalized spacial score (nSPS) is 19.3. The lowest BCUT2D eigenvalue weighted by atomic mass is 9.95. The second-order valence-electron chi connectivity index (χ2n) is 8.75. The number of hydrogen-bond donors (Lipinski definition) is 1. The number of thioether (sulfide) groups is 1. The molecule has 7 nitrogen and oxygen atoms in total. The number of amides is 2. The molecule has 1 N–H and O–H groups in total. The fourth-order valence-electron chi connectivity index (χ4n) is 4.84. The van der Waals surface area contributed by atoms with Crippen LogP contribution in [0.2, 0.25) is 0 Å². The van der Waals surface area contributed by atoms with Gasteiger partial charge < -0.3 is 14.8 Å². The molecular weight excluding hydrogens is 422 g/mol. The minimum atomic E-state index is -0.0834. The molecule has 0 spiro atoms. The number of carbonyl (C=O) groups excluding carboxylic acids is 2. The van der Waals surface area contributed by atoms with E-state index < -0.39 is 0 Å². The molecule has 1 unspecified atom stereocenters. The molecule has 4 rings (SSSR count). The molecule has 1 aliphatic carbocycles. The number of aromatic nitrogens is 3. The first-order valence-electron chi connectivity index (χ1n) is 11.8. The maximum absolute atomic E-state index is 13.3. The summed E-state index contributed by atoms with van der Waals surface area (Å²) in [5.41, 5.74) is 1.73. The van der Waals surface area contributed by atoms with Gasteiger partial charge in [0.2, 0.25) is 5.91 Å². The van der Waals surface area contributed by atoms with Crippen molar-refractivity contribution < 1.29 is 9.59 Å². The van der Waals surface area contributed by atoms with Crippen molar-refractivity contribution in [3.05, 3.63) is 41.2 Å². The summed E-state index contributed by atoms with van der Waals surface area (Å²) in [5.74, 6) is 1.27. The Morgan fingerprint density at radius 3 is 2.62 bits per heavy atom. The first-order chi connectivity index (χ1) is 15.6. The number of rotatable bonds is 7. The van der Waals surface area contributed by atoms with Gasteiger partial charge in [0.25, 0.3) is 5.91 Å². The minimum Gasteiger partial charge on any atom is -0.353 e. The molecule has 1 aliphatic heterocycles. The summed E-state index contributed by atoms with van der Waals surface area (Å²) < 4.78 is 2.06. The Bertz CT molecular complexity index is 954. The lowest BCUT2D eigenvalue weighted by Gasteiger charge is -2.25. The second kappa shape index (κ2) is 10.5. The van der Waals surface area contributed by atoms with Gasteiger partial charge in [-0.05, 0) is 51.2 Å². The van der Waals surface area contributed by atoms with Gasteiger partial charge in [-0.15, -0.1) is 10.2 Å². The van der Waals surface area contributed by atoms with Crippen molar-refractivity contribution in [2.24, 2.45) is 0 Å². The zero-order chi connectivity index (χ0) is 22.5. The molecule has 0 radical (unpaired) electrons. The third-order valence-corrected chi connectivity index (χ3v) is 7.52. The predicted octanol–water partition coefficient (Wildman–Crippen LogP) is 4.12. The zero-order valence-corrected chi connectivity index (χ0v) is 19.9. The van der Waals surface area contributed by atoms with Crippen LogP contribution < -0.4 is 5.32 Å². The van der Waals surface area contributed by atoms with E-state index in [9.17, 15) is 9.59 Å². The lowest BCUT2D eigenvalue weighted by Crippen LogP contribution is -2.37. The van der Waals surface area contributed by atoms with Crippen LogP contribution in [0.15, 0.2) is 29.4 Å². The van der Waals surface area contributed by atoms with Crippen LogP contribution in [0, 0.1) is 6.92 Å². The van der Waals surface area contributed by atoms with E-state index in [4.69, 9.17) is 0 Å². The lowest BCUT2D eigenvalue weighted by molar-refractivity contribution is -0.119. The van der Waals surface area contributed by atoms with Crippen LogP contribution in [0.25, 0.3) is 0 Å². The van der Waals surface area contributed by atoms with Gasteiger partial charge >= 0.3 is 0 Å². The van der Waals surface area contributed by atoms with E-state index in [0.717, 1.165) is 54.3 Å². The molecule has 1 aromatic heterocycles. The molecule has 8 heteroatoms. The van der Waals surface area contributed by atoms with E-state index in [-0.39, 0.29) is 17.9 Å². The van der Waals surface area contributed by atoms with E-state index in [1.807, 2.05) is 36.1 Å². The summed E-state index contributed by atoms with van der Waals surface area (Å²) in [5, 5.41) is 12.8. The molecule has 2 aromatic rings. The predicted molar refractivity (Wildman–Crippen MR) is 126 cm³/mol. The van der Waals surface area contributed by atoms with E-state index in [1.54, 1.807) is 0 Å². The Hall–Kier alpha value is -2.35. The van der Waals surface area contributed by atoms with E-state index in [2.05, 4.69) is 27.0 Å². The quantitative estimate of drug-likeness (QED) is 0.635. The molecule has 2 aliphatic rings. The van der Waals surface area contributed by atoms with E-state index in [0.29, 0.717) is 18.3 Å². The molecule has 2 fully saturated rings. The van der Waals surface area contributed by atoms with E-state index >= 15 is 0 Å². The maximum atomic E-state index is 13.3. The Kier molecular flexibility index (Phi) is 7.50. The topological polar surface area (TPSA) is 80.1 Å². The van der Waals surface area contributed by atoms with Gasteiger partial charge in [-0.2, -0.15) is 0 Å². The number of carbonyl (C=O) groups is 2. The average Bonchev–Trinajstić information content (AvgIpc) is 3.44. The van der Waals surface area contributed by atoms with Crippen molar-refractivity contribution in [3.63, 3.8) is 0 Å². The van der Waals surface area contributed by atoms with Gasteiger partial charge in [0.05, 0.1) is 11.8 Å². The standard InChI is InChI=1S/C24H33N5O2S/c1-3-28-22(20-14-9-15-29(20)23(31)19-13-8-7-10-17(19)2)26-27-24(28)32-16-21(30)25-18-11-5-4-6-12-18/h7-8,10,13,18,20H,3-6,9,11-12,14-16H2,1-2H3,(H,25,30). The van der Waals surface area contributed by atoms with Crippen LogP contribution in [0.3, 0.4) is 0 Å². The number of aryl methyl sites for hydroxylation is 1. The van der Waals surface area contributed by atoms with Crippen molar-refractivity contribution in [2.45, 2.75) is 82.6 Å². The summed E-state index contributed by atoms with van der Waals surface area (Å²) in [4.78, 5) is 27.6. The maximum Gasteiger partial charge on any atom is 0.254 e. The zero-order valence-electron chi connectivity index (χ0n) is 19.0. The monoisotopic (exact) mass is 455 g/mol. The summed E-state index contributed by atoms with van der Waals surface area (Å²) >= 11 is 1.43. The summed E-state index contributed by atoms with van der Waals surface area (Å²) in [6.45, 7) is 5.46. The fourth-order valence-corrected chi connectivity index (χ4v) is 5.66. The highest BCUT2D eigenvalue weighted by atomic mass is 32.2. The SMILES string of the molecule is CCn1c(SCC(=O)NC2CCCCC2)nnc1C1CCCN1C(=O)c1ccccc1C. The van der Waals surface area contributed by atoms with Crippen LogP contribution >= 0.6 is 11.8 Å². The van der Waals surface area contributed by atoms with Crippen molar-refractivity contribution in [3.8, 4) is 0 Å². The molecule has 32 heavy (non-hydrogen) atoms. The number of likely N-dealkylation sites (tertiary alicyclic amines) is 1. The minimum absolute atomic E-state index is 0.0531. The van der Waals surface area contributed by atoms with E-state index in [1.165, 1.54) is 31.0 Å². The number of benzene rings is 1. The van der Waals surface area contributed by atoms with Crippen molar-refractivity contribution in [1.29, 1.82) is 0 Å². The smallest absolute Gasteiger partial charge is 0.254 e. The molecule has 172 valence electrons. The molecule has 0 bridgehead atoms. The molecule has 1 atom stereocenters. The third-order valence-electron chi connectivity index (χ3n) is 6.55. The Balaban J connectivity index is 1.44. The van der Waals surface area contributed by atoms with Crippen molar-refractivity contribution in [1.82, 2.24) is 25.0 Å². The Labute approximate surface area is 194 Å². The number of hydrogen-bond acceptors (Lipinski definition) is 5. The second-order valence-corrected chi connectivity index (χ2v) is 9.69.